The van der Waals surface area contributed by atoms with E-state index in [0.29, 0.717) is 19.4 Å². The fraction of sp³-hybridized carbons (Fsp3) is 0.593. The van der Waals surface area contributed by atoms with Crippen LogP contribution in [-0.2, 0) is 23.8 Å². The molecule has 0 aliphatic carbocycles. The number of unbranched alkanes of at least 4 members (excludes halogenated alkanes) is 12. The molecule has 0 bridgehead atoms. The SMILES string of the molecule is CC/C=C\C/C=C\C/C=C\C/C=C\C/C=C\C/C=C\CCC(=O)OCC(COCCCCCC/C=C\C/C=C\C/C=C\CC)OC(=O)CCCCCCC/C=C\C/C=C\CCCCC. The molecule has 0 amide bonds. The van der Waals surface area contributed by atoms with Gasteiger partial charge in [-0.15, -0.1) is 0 Å². The van der Waals surface area contributed by atoms with Gasteiger partial charge in [0.05, 0.1) is 6.61 Å². The molecule has 0 fully saturated rings. The number of allylic oxidation sites excluding steroid dienone is 22. The van der Waals surface area contributed by atoms with Crippen molar-refractivity contribution in [3.8, 4) is 0 Å². The van der Waals surface area contributed by atoms with E-state index in [4.69, 9.17) is 14.2 Å². The molecule has 0 heterocycles. The zero-order chi connectivity index (χ0) is 46.3. The van der Waals surface area contributed by atoms with Crippen LogP contribution >= 0.6 is 0 Å². The van der Waals surface area contributed by atoms with Gasteiger partial charge in [0.1, 0.15) is 6.61 Å². The molecular formula is C59H94O5. The molecule has 0 aliphatic rings. The van der Waals surface area contributed by atoms with Gasteiger partial charge in [-0.1, -0.05) is 199 Å². The summed E-state index contributed by atoms with van der Waals surface area (Å²) in [4.78, 5) is 25.4. The molecule has 0 spiro atoms. The topological polar surface area (TPSA) is 61.8 Å². The predicted octanol–water partition coefficient (Wildman–Crippen LogP) is 17.6. The van der Waals surface area contributed by atoms with Gasteiger partial charge in [-0.2, -0.15) is 0 Å². The summed E-state index contributed by atoms with van der Waals surface area (Å²) in [6.45, 7) is 7.41. The van der Waals surface area contributed by atoms with E-state index in [1.54, 1.807) is 0 Å². The number of hydrogen-bond donors (Lipinski definition) is 0. The highest BCUT2D eigenvalue weighted by atomic mass is 16.6. The normalized spacial score (nSPS) is 13.4. The molecule has 0 aromatic carbocycles. The third-order valence-electron chi connectivity index (χ3n) is 10.2. The Labute approximate surface area is 394 Å². The minimum absolute atomic E-state index is 0.0213. The first kappa shape index (κ1) is 60.0. The van der Waals surface area contributed by atoms with E-state index in [1.807, 2.05) is 6.08 Å². The first-order chi connectivity index (χ1) is 31.6. The Morgan fingerprint density at radius 2 is 0.734 bits per heavy atom. The van der Waals surface area contributed by atoms with Crippen molar-refractivity contribution in [2.24, 2.45) is 0 Å². The van der Waals surface area contributed by atoms with Gasteiger partial charge in [0.25, 0.3) is 0 Å². The summed E-state index contributed by atoms with van der Waals surface area (Å²) in [6, 6.07) is 0. The van der Waals surface area contributed by atoms with Crippen LogP contribution in [0.5, 0.6) is 0 Å². The van der Waals surface area contributed by atoms with Crippen LogP contribution in [0.3, 0.4) is 0 Å². The summed E-state index contributed by atoms with van der Waals surface area (Å²) in [7, 11) is 0. The Kier molecular flexibility index (Phi) is 50.1. The standard InChI is InChI=1S/C59H94O5/c1-4-7-10-13-16-19-22-25-28-29-30-31-33-34-37-40-43-46-49-52-58(60)63-56-57(55-62-54-51-48-45-42-39-36-27-24-21-18-15-12-9-6-3)64-59(61)53-50-47-44-41-38-35-32-26-23-20-17-14-11-8-5-2/h7,9-10,12,16-21,25-28,30-32,34,36-37,43,46,57H,4-6,8,11,13-15,22-24,29,33,35,38-42,44-45,47-56H2,1-3H3/b10-7-,12-9-,19-16-,20-17-,21-18-,28-25-,31-30-,32-26-,36-27-,37-34-,46-43-. The lowest BCUT2D eigenvalue weighted by Crippen LogP contribution is -2.30. The van der Waals surface area contributed by atoms with E-state index in [9.17, 15) is 9.59 Å². The third kappa shape index (κ3) is 50.7. The maximum atomic E-state index is 12.8. The van der Waals surface area contributed by atoms with Gasteiger partial charge in [-0.3, -0.25) is 9.59 Å². The molecule has 0 saturated heterocycles. The van der Waals surface area contributed by atoms with Crippen LogP contribution in [0.25, 0.3) is 0 Å². The van der Waals surface area contributed by atoms with Crippen molar-refractivity contribution in [2.45, 2.75) is 207 Å². The second kappa shape index (κ2) is 53.4. The average Bonchev–Trinajstić information content (AvgIpc) is 3.30. The second-order valence-electron chi connectivity index (χ2n) is 16.3. The Morgan fingerprint density at radius 1 is 0.359 bits per heavy atom. The van der Waals surface area contributed by atoms with Crippen LogP contribution in [-0.4, -0.2) is 37.9 Å². The monoisotopic (exact) mass is 883 g/mol. The Morgan fingerprint density at radius 3 is 1.19 bits per heavy atom. The molecule has 0 aromatic heterocycles. The molecule has 0 radical (unpaired) electrons. The zero-order valence-electron chi connectivity index (χ0n) is 41.2. The zero-order valence-corrected chi connectivity index (χ0v) is 41.2. The molecule has 0 N–H and O–H groups in total. The first-order valence-electron chi connectivity index (χ1n) is 25.7. The molecule has 0 saturated carbocycles. The van der Waals surface area contributed by atoms with Crippen molar-refractivity contribution in [1.82, 2.24) is 0 Å². The molecule has 0 rings (SSSR count). The molecular weight excluding hydrogens is 789 g/mol. The lowest BCUT2D eigenvalue weighted by molar-refractivity contribution is -0.162. The van der Waals surface area contributed by atoms with Gasteiger partial charge in [-0.25, -0.2) is 0 Å². The number of esters is 2. The quantitative estimate of drug-likeness (QED) is 0.0346. The van der Waals surface area contributed by atoms with Gasteiger partial charge in [0.2, 0.25) is 0 Å². The molecule has 5 nitrogen and oxygen atoms in total. The Hall–Kier alpha value is -3.96. The van der Waals surface area contributed by atoms with Crippen molar-refractivity contribution in [3.05, 3.63) is 134 Å². The molecule has 360 valence electrons. The highest BCUT2D eigenvalue weighted by Gasteiger charge is 2.17. The number of rotatable bonds is 45. The smallest absolute Gasteiger partial charge is 0.306 e. The highest BCUT2D eigenvalue weighted by Crippen LogP contribution is 2.11. The van der Waals surface area contributed by atoms with Gasteiger partial charge in [0, 0.05) is 19.4 Å². The van der Waals surface area contributed by atoms with Crippen LogP contribution in [0, 0.1) is 0 Å². The van der Waals surface area contributed by atoms with Gasteiger partial charge < -0.3 is 14.2 Å². The minimum Gasteiger partial charge on any atom is -0.462 e. The summed E-state index contributed by atoms with van der Waals surface area (Å²) in [6.07, 6.45) is 76.1. The van der Waals surface area contributed by atoms with Crippen molar-refractivity contribution in [2.75, 3.05) is 19.8 Å². The van der Waals surface area contributed by atoms with E-state index < -0.39 is 6.10 Å². The van der Waals surface area contributed by atoms with E-state index in [0.717, 1.165) is 116 Å². The number of carbonyl (C=O) groups excluding carboxylic acids is 2. The van der Waals surface area contributed by atoms with Crippen LogP contribution in [0.15, 0.2) is 134 Å². The van der Waals surface area contributed by atoms with Gasteiger partial charge in [0.15, 0.2) is 6.10 Å². The molecule has 64 heavy (non-hydrogen) atoms. The van der Waals surface area contributed by atoms with E-state index in [1.165, 1.54) is 44.9 Å². The molecule has 1 unspecified atom stereocenters. The fourth-order valence-corrected chi connectivity index (χ4v) is 6.40. The summed E-state index contributed by atoms with van der Waals surface area (Å²) >= 11 is 0. The van der Waals surface area contributed by atoms with E-state index >= 15 is 0 Å². The van der Waals surface area contributed by atoms with Crippen LogP contribution < -0.4 is 0 Å². The van der Waals surface area contributed by atoms with E-state index in [-0.39, 0.29) is 31.6 Å². The molecule has 5 heteroatoms. The maximum Gasteiger partial charge on any atom is 0.306 e. The van der Waals surface area contributed by atoms with E-state index in [2.05, 4.69) is 148 Å². The largest absolute Gasteiger partial charge is 0.462 e. The number of ether oxygens (including phenoxy) is 3. The molecule has 0 aliphatic heterocycles. The van der Waals surface area contributed by atoms with Crippen LogP contribution in [0.4, 0.5) is 0 Å². The number of carbonyl (C=O) groups is 2. The molecule has 0 aromatic rings. The number of hydrogen-bond acceptors (Lipinski definition) is 5. The van der Waals surface area contributed by atoms with Crippen molar-refractivity contribution in [1.29, 1.82) is 0 Å². The fourth-order valence-electron chi connectivity index (χ4n) is 6.40. The summed E-state index contributed by atoms with van der Waals surface area (Å²) in [5.41, 5.74) is 0. The van der Waals surface area contributed by atoms with Crippen molar-refractivity contribution >= 4 is 11.9 Å². The highest BCUT2D eigenvalue weighted by molar-refractivity contribution is 5.70. The first-order valence-corrected chi connectivity index (χ1v) is 25.7. The third-order valence-corrected chi connectivity index (χ3v) is 10.2. The Bertz CT molecular complexity index is 1370. The van der Waals surface area contributed by atoms with Crippen molar-refractivity contribution in [3.63, 3.8) is 0 Å². The summed E-state index contributed by atoms with van der Waals surface area (Å²) in [5.74, 6) is -0.534. The van der Waals surface area contributed by atoms with Crippen LogP contribution in [0.2, 0.25) is 0 Å². The van der Waals surface area contributed by atoms with Crippen LogP contribution in [0.1, 0.15) is 201 Å². The lowest BCUT2D eigenvalue weighted by atomic mass is 10.1. The average molecular weight is 883 g/mol. The van der Waals surface area contributed by atoms with Gasteiger partial charge >= 0.3 is 11.9 Å². The van der Waals surface area contributed by atoms with Gasteiger partial charge in [-0.05, 0) is 122 Å². The second-order valence-corrected chi connectivity index (χ2v) is 16.3. The summed E-state index contributed by atoms with van der Waals surface area (Å²) < 4.78 is 17.3. The van der Waals surface area contributed by atoms with Crippen molar-refractivity contribution < 1.29 is 23.8 Å². The molecule has 1 atom stereocenters. The maximum absolute atomic E-state index is 12.8. The minimum atomic E-state index is -0.595. The Balaban J connectivity index is 4.48. The lowest BCUT2D eigenvalue weighted by Gasteiger charge is -2.18. The summed E-state index contributed by atoms with van der Waals surface area (Å²) in [5, 5.41) is 0. The predicted molar refractivity (Wildman–Crippen MR) is 278 cm³/mol.